The van der Waals surface area contributed by atoms with Crippen molar-refractivity contribution in [3.63, 3.8) is 0 Å². The Morgan fingerprint density at radius 3 is 2.60 bits per heavy atom. The molecule has 248 valence electrons. The minimum Gasteiger partial charge on any atom is -0.495 e. The van der Waals surface area contributed by atoms with Crippen LogP contribution in [0.5, 0.6) is 17.2 Å². The summed E-state index contributed by atoms with van der Waals surface area (Å²) in [7, 11) is -2.43. The highest BCUT2D eigenvalue weighted by Crippen LogP contribution is 2.38. The molecule has 0 saturated carbocycles. The number of amides is 1. The van der Waals surface area contributed by atoms with E-state index in [-0.39, 0.29) is 23.1 Å². The van der Waals surface area contributed by atoms with Crippen LogP contribution in [-0.2, 0) is 26.0 Å². The number of carbonyl (C=O) groups is 2. The Hall–Kier alpha value is -4.94. The first-order valence-corrected chi connectivity index (χ1v) is 17.4. The van der Waals surface area contributed by atoms with Crippen LogP contribution in [0, 0.1) is 0 Å². The highest BCUT2D eigenvalue weighted by molar-refractivity contribution is 7.89. The number of benzene rings is 3. The van der Waals surface area contributed by atoms with Crippen molar-refractivity contribution in [2.45, 2.75) is 43.4 Å². The van der Waals surface area contributed by atoms with E-state index >= 15 is 0 Å². The summed E-state index contributed by atoms with van der Waals surface area (Å²) in [6, 6.07) is 17.6. The molecule has 3 aromatic carbocycles. The number of hydrogen-bond donors (Lipinski definition) is 1. The minimum atomic E-state index is -3.83. The standard InChI is InChI=1S/C36H35N3O8S/c1-44-30-15-13-25(20-32(30)48(42,43)39-16-5-2-6-17-39)37-33(40)21-45-36(41)34-26-9-3-4-11-28(26)38-35-24(8-7-10-27(34)35)18-23-12-14-29-31(19-23)47-22-46-29/h3-4,9,11-15,18-20H,2,5-8,10,16-17,21-22H2,1H3,(H,37,40)/b24-18+. The van der Waals surface area contributed by atoms with E-state index in [1.54, 1.807) is 6.07 Å². The van der Waals surface area contributed by atoms with Crippen molar-refractivity contribution in [1.29, 1.82) is 0 Å². The predicted octanol–water partition coefficient (Wildman–Crippen LogP) is 5.82. The van der Waals surface area contributed by atoms with E-state index in [4.69, 9.17) is 23.9 Å². The summed E-state index contributed by atoms with van der Waals surface area (Å²) in [5, 5.41) is 3.32. The van der Waals surface area contributed by atoms with Gasteiger partial charge < -0.3 is 24.3 Å². The molecule has 3 aliphatic rings. The largest absolute Gasteiger partial charge is 0.495 e. The summed E-state index contributed by atoms with van der Waals surface area (Å²) in [5.41, 5.74) is 4.71. The quantitative estimate of drug-likeness (QED) is 0.231. The molecule has 1 fully saturated rings. The number of piperidine rings is 1. The Balaban J connectivity index is 1.12. The van der Waals surface area contributed by atoms with E-state index in [1.807, 2.05) is 42.5 Å². The fourth-order valence-corrected chi connectivity index (χ4v) is 8.21. The van der Waals surface area contributed by atoms with Gasteiger partial charge in [-0.1, -0.05) is 30.7 Å². The summed E-state index contributed by atoms with van der Waals surface area (Å²) in [6.07, 6.45) is 6.83. The minimum absolute atomic E-state index is 0.0267. The molecule has 0 atom stereocenters. The van der Waals surface area contributed by atoms with Crippen LogP contribution >= 0.6 is 0 Å². The van der Waals surface area contributed by atoms with Gasteiger partial charge in [-0.25, -0.2) is 18.2 Å². The topological polar surface area (TPSA) is 133 Å². The zero-order valence-electron chi connectivity index (χ0n) is 26.5. The van der Waals surface area contributed by atoms with Crippen LogP contribution < -0.4 is 19.5 Å². The van der Waals surface area contributed by atoms with Gasteiger partial charge in [0.2, 0.25) is 16.8 Å². The zero-order chi connectivity index (χ0) is 33.3. The molecule has 1 N–H and O–H groups in total. The molecular formula is C36H35N3O8S. The number of hydrogen-bond acceptors (Lipinski definition) is 9. The molecule has 1 saturated heterocycles. The first-order valence-electron chi connectivity index (χ1n) is 16.0. The van der Waals surface area contributed by atoms with Crippen molar-refractivity contribution in [1.82, 2.24) is 9.29 Å². The molecular weight excluding hydrogens is 634 g/mol. The molecule has 12 heteroatoms. The van der Waals surface area contributed by atoms with E-state index in [2.05, 4.69) is 11.4 Å². The number of pyridine rings is 1. The van der Waals surface area contributed by atoms with Crippen molar-refractivity contribution >= 4 is 50.1 Å². The van der Waals surface area contributed by atoms with Crippen LogP contribution in [0.25, 0.3) is 22.6 Å². The molecule has 1 aliphatic carbocycles. The number of fused-ring (bicyclic) bond motifs is 3. The lowest BCUT2D eigenvalue weighted by Gasteiger charge is -2.26. The SMILES string of the molecule is COc1ccc(NC(=O)COC(=O)c2c3c(nc4ccccc24)/C(=C/c2ccc4c(c2)OCO4)CCC3)cc1S(=O)(=O)N1CCCCC1. The maximum atomic E-state index is 13.7. The van der Waals surface area contributed by atoms with Gasteiger partial charge in [-0.3, -0.25) is 4.79 Å². The predicted molar refractivity (Wildman–Crippen MR) is 180 cm³/mol. The zero-order valence-corrected chi connectivity index (χ0v) is 27.3. The number of anilines is 1. The third-order valence-corrected chi connectivity index (χ3v) is 10.7. The monoisotopic (exact) mass is 669 g/mol. The van der Waals surface area contributed by atoms with Crippen molar-refractivity contribution in [3.05, 3.63) is 83.0 Å². The third kappa shape index (κ3) is 6.20. The van der Waals surface area contributed by atoms with Crippen molar-refractivity contribution in [3.8, 4) is 17.2 Å². The van der Waals surface area contributed by atoms with Gasteiger partial charge in [0.15, 0.2) is 18.1 Å². The number of rotatable bonds is 8. The number of allylic oxidation sites excluding steroid dienone is 1. The second kappa shape index (κ2) is 13.3. The van der Waals surface area contributed by atoms with Gasteiger partial charge in [0.1, 0.15) is 10.6 Å². The van der Waals surface area contributed by atoms with E-state index in [9.17, 15) is 18.0 Å². The molecule has 48 heavy (non-hydrogen) atoms. The van der Waals surface area contributed by atoms with Crippen LogP contribution in [0.4, 0.5) is 5.69 Å². The number of nitrogens with zero attached hydrogens (tertiary/aromatic N) is 2. The number of methoxy groups -OCH3 is 1. The summed E-state index contributed by atoms with van der Waals surface area (Å²) >= 11 is 0. The Labute approximate surface area is 278 Å². The third-order valence-electron chi connectivity index (χ3n) is 8.83. The van der Waals surface area contributed by atoms with E-state index in [0.29, 0.717) is 47.5 Å². The molecule has 4 aromatic rings. The lowest BCUT2D eigenvalue weighted by Crippen LogP contribution is -2.35. The Kier molecular flexibility index (Phi) is 8.76. The van der Waals surface area contributed by atoms with Crippen LogP contribution in [-0.4, -0.2) is 63.2 Å². The first-order chi connectivity index (χ1) is 23.3. The maximum Gasteiger partial charge on any atom is 0.339 e. The summed E-state index contributed by atoms with van der Waals surface area (Å²) in [5.74, 6) is 0.336. The lowest BCUT2D eigenvalue weighted by molar-refractivity contribution is -0.119. The van der Waals surface area contributed by atoms with E-state index < -0.39 is 28.5 Å². The average molecular weight is 670 g/mol. The summed E-state index contributed by atoms with van der Waals surface area (Å²) < 4.78 is 50.2. The Morgan fingerprint density at radius 1 is 0.958 bits per heavy atom. The number of nitrogens with one attached hydrogen (secondary N) is 1. The van der Waals surface area contributed by atoms with Gasteiger partial charge in [-0.05, 0) is 91.3 Å². The van der Waals surface area contributed by atoms with Gasteiger partial charge >= 0.3 is 5.97 Å². The Bertz CT molecular complexity index is 2050. The van der Waals surface area contributed by atoms with Crippen molar-refractivity contribution < 1.29 is 37.0 Å². The van der Waals surface area contributed by atoms with Gasteiger partial charge in [-0.2, -0.15) is 4.31 Å². The van der Waals surface area contributed by atoms with Crippen LogP contribution in [0.1, 0.15) is 59.3 Å². The molecule has 0 spiro atoms. The van der Waals surface area contributed by atoms with E-state index in [1.165, 1.54) is 23.5 Å². The van der Waals surface area contributed by atoms with Crippen molar-refractivity contribution in [2.24, 2.45) is 0 Å². The van der Waals surface area contributed by atoms with Crippen LogP contribution in [0.15, 0.2) is 65.6 Å². The average Bonchev–Trinajstić information content (AvgIpc) is 3.58. The Morgan fingerprint density at radius 2 is 1.77 bits per heavy atom. The molecule has 3 heterocycles. The molecule has 1 amide bonds. The molecule has 11 nitrogen and oxygen atoms in total. The summed E-state index contributed by atoms with van der Waals surface area (Å²) in [6.45, 7) is 0.490. The second-order valence-electron chi connectivity index (χ2n) is 11.9. The number of ether oxygens (including phenoxy) is 4. The maximum absolute atomic E-state index is 13.7. The molecule has 0 radical (unpaired) electrons. The molecule has 7 rings (SSSR count). The van der Waals surface area contributed by atoms with Crippen molar-refractivity contribution in [2.75, 3.05) is 38.9 Å². The fraction of sp³-hybridized carbons (Fsp3) is 0.306. The molecule has 1 aromatic heterocycles. The van der Waals surface area contributed by atoms with Crippen LogP contribution in [0.2, 0.25) is 0 Å². The molecule has 0 unspecified atom stereocenters. The van der Waals surface area contributed by atoms with Gasteiger partial charge in [0.25, 0.3) is 5.91 Å². The van der Waals surface area contributed by atoms with Crippen LogP contribution in [0.3, 0.4) is 0 Å². The normalized spacial score (nSPS) is 16.8. The van der Waals surface area contributed by atoms with E-state index in [0.717, 1.165) is 54.5 Å². The second-order valence-corrected chi connectivity index (χ2v) is 13.8. The number of carbonyl (C=O) groups excluding carboxylic acids is 2. The van der Waals surface area contributed by atoms with Gasteiger partial charge in [0.05, 0.1) is 23.9 Å². The molecule has 2 aliphatic heterocycles. The molecule has 0 bridgehead atoms. The number of aromatic nitrogens is 1. The number of sulfonamides is 1. The smallest absolute Gasteiger partial charge is 0.339 e. The van der Waals surface area contributed by atoms with Gasteiger partial charge in [0, 0.05) is 24.2 Å². The summed E-state index contributed by atoms with van der Waals surface area (Å²) in [4.78, 5) is 31.7. The number of para-hydroxylation sites is 1. The first kappa shape index (κ1) is 31.6. The lowest BCUT2D eigenvalue weighted by atomic mass is 9.86. The fourth-order valence-electron chi connectivity index (χ4n) is 6.51. The highest BCUT2D eigenvalue weighted by Gasteiger charge is 2.30. The van der Waals surface area contributed by atoms with Gasteiger partial charge in [-0.15, -0.1) is 0 Å². The number of esters is 1. The highest BCUT2D eigenvalue weighted by atomic mass is 32.2.